The molecule has 1 aromatic heterocycles. The van der Waals surface area contributed by atoms with E-state index in [9.17, 15) is 9.59 Å². The smallest absolute Gasteiger partial charge is 0.306 e. The fourth-order valence-electron chi connectivity index (χ4n) is 2.28. The van der Waals surface area contributed by atoms with E-state index in [1.165, 1.54) is 0 Å². The molecule has 0 fully saturated rings. The average molecular weight is 315 g/mol. The number of carbonyl (C=O) groups is 2. The van der Waals surface area contributed by atoms with E-state index >= 15 is 0 Å². The molecule has 2 rings (SSSR count). The fourth-order valence-corrected chi connectivity index (χ4v) is 2.28. The lowest BCUT2D eigenvalue weighted by Gasteiger charge is -2.09. The van der Waals surface area contributed by atoms with Crippen molar-refractivity contribution in [2.45, 2.75) is 26.2 Å². The highest BCUT2D eigenvalue weighted by molar-refractivity contribution is 5.90. The van der Waals surface area contributed by atoms with Crippen LogP contribution >= 0.6 is 0 Å². The number of amides is 1. The van der Waals surface area contributed by atoms with Crippen molar-refractivity contribution in [2.24, 2.45) is 13.0 Å². The van der Waals surface area contributed by atoms with Gasteiger partial charge >= 0.3 is 5.97 Å². The minimum absolute atomic E-state index is 0.0575. The minimum atomic E-state index is -0.808. The van der Waals surface area contributed by atoms with Crippen LogP contribution in [0, 0.1) is 5.92 Å². The SMILES string of the molecule is CC(Cc1ccc(NC(=O)CCc2ccnn2C)cc1)C(=O)O. The normalized spacial score (nSPS) is 11.9. The number of carboxylic acids is 1. The van der Waals surface area contributed by atoms with Crippen molar-refractivity contribution in [3.05, 3.63) is 47.8 Å². The lowest BCUT2D eigenvalue weighted by Crippen LogP contribution is -2.14. The Morgan fingerprint density at radius 2 is 1.96 bits per heavy atom. The molecule has 0 saturated heterocycles. The summed E-state index contributed by atoms with van der Waals surface area (Å²) in [5, 5.41) is 15.8. The van der Waals surface area contributed by atoms with Crippen molar-refractivity contribution < 1.29 is 14.7 Å². The predicted molar refractivity (Wildman–Crippen MR) is 87.1 cm³/mol. The zero-order chi connectivity index (χ0) is 16.8. The highest BCUT2D eigenvalue weighted by Gasteiger charge is 2.11. The van der Waals surface area contributed by atoms with E-state index in [2.05, 4.69) is 10.4 Å². The highest BCUT2D eigenvalue weighted by Crippen LogP contribution is 2.14. The molecule has 2 N–H and O–H groups in total. The first kappa shape index (κ1) is 16.7. The van der Waals surface area contributed by atoms with Crippen LogP contribution in [0.2, 0.25) is 0 Å². The lowest BCUT2D eigenvalue weighted by atomic mass is 10.0. The zero-order valence-corrected chi connectivity index (χ0v) is 13.3. The first-order valence-corrected chi connectivity index (χ1v) is 7.54. The Kier molecular flexibility index (Phi) is 5.51. The molecule has 1 atom stereocenters. The summed E-state index contributed by atoms with van der Waals surface area (Å²) in [6.07, 6.45) is 3.21. The number of carboxylic acid groups (broad SMARTS) is 1. The topological polar surface area (TPSA) is 84.2 Å². The highest BCUT2D eigenvalue weighted by atomic mass is 16.4. The van der Waals surface area contributed by atoms with Crippen molar-refractivity contribution >= 4 is 17.6 Å². The third-order valence-corrected chi connectivity index (χ3v) is 3.73. The minimum Gasteiger partial charge on any atom is -0.481 e. The number of hydrogen-bond donors (Lipinski definition) is 2. The number of rotatable bonds is 7. The molecule has 122 valence electrons. The predicted octanol–water partition coefficient (Wildman–Crippen LogP) is 2.25. The number of hydrogen-bond acceptors (Lipinski definition) is 3. The second kappa shape index (κ2) is 7.58. The van der Waals surface area contributed by atoms with Crippen LogP contribution in [0.5, 0.6) is 0 Å². The zero-order valence-electron chi connectivity index (χ0n) is 13.3. The molecular weight excluding hydrogens is 294 g/mol. The van der Waals surface area contributed by atoms with E-state index in [0.717, 1.165) is 11.3 Å². The van der Waals surface area contributed by atoms with E-state index in [1.54, 1.807) is 29.9 Å². The van der Waals surface area contributed by atoms with Gasteiger partial charge in [0.05, 0.1) is 5.92 Å². The molecule has 1 heterocycles. The third kappa shape index (κ3) is 4.95. The van der Waals surface area contributed by atoms with Crippen molar-refractivity contribution in [3.8, 4) is 0 Å². The van der Waals surface area contributed by atoms with Crippen LogP contribution in [0.25, 0.3) is 0 Å². The van der Waals surface area contributed by atoms with E-state index in [-0.39, 0.29) is 5.91 Å². The standard InChI is InChI=1S/C17H21N3O3/c1-12(17(22)23)11-13-3-5-14(6-4-13)19-16(21)8-7-15-9-10-18-20(15)2/h3-6,9-10,12H,7-8,11H2,1-2H3,(H,19,21)(H,22,23). The summed E-state index contributed by atoms with van der Waals surface area (Å²) in [5.74, 6) is -1.29. The number of benzene rings is 1. The molecule has 0 aliphatic rings. The van der Waals surface area contributed by atoms with E-state index in [1.807, 2.05) is 25.2 Å². The lowest BCUT2D eigenvalue weighted by molar-refractivity contribution is -0.141. The molecule has 0 spiro atoms. The van der Waals surface area contributed by atoms with Gasteiger partial charge in [0, 0.05) is 31.0 Å². The van der Waals surface area contributed by atoms with Crippen molar-refractivity contribution in [1.82, 2.24) is 9.78 Å². The molecule has 6 heteroatoms. The Bertz CT molecular complexity index is 677. The van der Waals surface area contributed by atoms with Gasteiger partial charge in [0.1, 0.15) is 0 Å². The summed E-state index contributed by atoms with van der Waals surface area (Å²) in [4.78, 5) is 22.8. The molecule has 0 bridgehead atoms. The van der Waals surface area contributed by atoms with Crippen molar-refractivity contribution in [3.63, 3.8) is 0 Å². The van der Waals surface area contributed by atoms with Crippen LogP contribution in [0.15, 0.2) is 36.5 Å². The van der Waals surface area contributed by atoms with E-state index in [0.29, 0.717) is 24.9 Å². The largest absolute Gasteiger partial charge is 0.481 e. The number of nitrogens with one attached hydrogen (secondary N) is 1. The Labute approximate surface area is 135 Å². The van der Waals surface area contributed by atoms with Crippen LogP contribution in [-0.2, 0) is 29.5 Å². The molecule has 23 heavy (non-hydrogen) atoms. The molecule has 1 aromatic carbocycles. The second-order valence-electron chi connectivity index (χ2n) is 5.63. The number of nitrogens with zero attached hydrogens (tertiary/aromatic N) is 2. The quantitative estimate of drug-likeness (QED) is 0.821. The number of aryl methyl sites for hydroxylation is 2. The van der Waals surface area contributed by atoms with Gasteiger partial charge < -0.3 is 10.4 Å². The average Bonchev–Trinajstić information content (AvgIpc) is 2.92. The van der Waals surface area contributed by atoms with Gasteiger partial charge in [0.25, 0.3) is 0 Å². The molecule has 0 radical (unpaired) electrons. The number of aromatic nitrogens is 2. The first-order valence-electron chi connectivity index (χ1n) is 7.54. The van der Waals surface area contributed by atoms with E-state index in [4.69, 9.17) is 5.11 Å². The molecule has 1 amide bonds. The van der Waals surface area contributed by atoms with Crippen molar-refractivity contribution in [2.75, 3.05) is 5.32 Å². The van der Waals surface area contributed by atoms with E-state index < -0.39 is 11.9 Å². The molecule has 2 aromatic rings. The van der Waals surface area contributed by atoms with Crippen LogP contribution in [0.3, 0.4) is 0 Å². The Balaban J connectivity index is 1.84. The van der Waals surface area contributed by atoms with Gasteiger partial charge in [-0.25, -0.2) is 0 Å². The molecule has 1 unspecified atom stereocenters. The van der Waals surface area contributed by atoms with Gasteiger partial charge in [-0.1, -0.05) is 19.1 Å². The van der Waals surface area contributed by atoms with Crippen LogP contribution in [0.4, 0.5) is 5.69 Å². The summed E-state index contributed by atoms with van der Waals surface area (Å²) in [6, 6.07) is 9.18. The number of anilines is 1. The molecule has 0 aliphatic carbocycles. The summed E-state index contributed by atoms with van der Waals surface area (Å²) in [5.41, 5.74) is 2.66. The summed E-state index contributed by atoms with van der Waals surface area (Å²) in [6.45, 7) is 1.68. The van der Waals surface area contributed by atoms with Crippen molar-refractivity contribution in [1.29, 1.82) is 0 Å². The van der Waals surface area contributed by atoms with Gasteiger partial charge in [-0.3, -0.25) is 14.3 Å². The summed E-state index contributed by atoms with van der Waals surface area (Å²) >= 11 is 0. The van der Waals surface area contributed by atoms with Gasteiger partial charge in [-0.05, 0) is 36.6 Å². The van der Waals surface area contributed by atoms with Gasteiger partial charge in [0.15, 0.2) is 0 Å². The second-order valence-corrected chi connectivity index (χ2v) is 5.63. The summed E-state index contributed by atoms with van der Waals surface area (Å²) < 4.78 is 1.76. The number of carbonyl (C=O) groups excluding carboxylic acids is 1. The molecule has 0 saturated carbocycles. The van der Waals surface area contributed by atoms with Crippen LogP contribution in [0.1, 0.15) is 24.6 Å². The first-order chi connectivity index (χ1) is 11.0. The molecular formula is C17H21N3O3. The maximum atomic E-state index is 12.0. The van der Waals surface area contributed by atoms with Gasteiger partial charge in [0.2, 0.25) is 5.91 Å². The molecule has 6 nitrogen and oxygen atoms in total. The van der Waals surface area contributed by atoms with Gasteiger partial charge in [-0.2, -0.15) is 5.10 Å². The number of aliphatic carboxylic acids is 1. The molecule has 0 aliphatic heterocycles. The Hall–Kier alpha value is -2.63. The maximum absolute atomic E-state index is 12.0. The third-order valence-electron chi connectivity index (χ3n) is 3.73. The Morgan fingerprint density at radius 1 is 1.26 bits per heavy atom. The maximum Gasteiger partial charge on any atom is 0.306 e. The fraction of sp³-hybridized carbons (Fsp3) is 0.353. The Morgan fingerprint density at radius 3 is 2.52 bits per heavy atom. The van der Waals surface area contributed by atoms with Crippen LogP contribution < -0.4 is 5.32 Å². The van der Waals surface area contributed by atoms with Gasteiger partial charge in [-0.15, -0.1) is 0 Å². The monoisotopic (exact) mass is 315 g/mol. The summed E-state index contributed by atoms with van der Waals surface area (Å²) in [7, 11) is 1.85. The van der Waals surface area contributed by atoms with Crippen LogP contribution in [-0.4, -0.2) is 26.8 Å².